The second-order valence-corrected chi connectivity index (χ2v) is 15.1. The first kappa shape index (κ1) is 40.8. The Kier molecular flexibility index (Phi) is 12.4. The van der Waals surface area contributed by atoms with E-state index in [4.69, 9.17) is 19.2 Å². The van der Waals surface area contributed by atoms with Gasteiger partial charge in [0, 0.05) is 12.0 Å². The Morgan fingerprint density at radius 2 is 1.05 bits per heavy atom. The van der Waals surface area contributed by atoms with E-state index in [1.165, 1.54) is 6.33 Å². The van der Waals surface area contributed by atoms with Crippen molar-refractivity contribution in [2.45, 2.75) is 36.1 Å². The lowest BCUT2D eigenvalue weighted by Gasteiger charge is -2.38. The number of hydrogen-bond acceptors (Lipinski definition) is 9. The number of aliphatic hydroxyl groups excluding tert-OH is 1. The van der Waals surface area contributed by atoms with Crippen molar-refractivity contribution in [1.29, 1.82) is 0 Å². The zero-order valence-electron chi connectivity index (χ0n) is 34.1. The van der Waals surface area contributed by atoms with Crippen molar-refractivity contribution >= 4 is 23.7 Å². The molecule has 0 unspecified atom stereocenters. The minimum atomic E-state index is -1.03. The predicted molar refractivity (Wildman–Crippen MR) is 239 cm³/mol. The van der Waals surface area contributed by atoms with E-state index in [9.17, 15) is 9.90 Å². The molecule has 1 aliphatic carbocycles. The number of ether oxygens (including phenoxy) is 3. The molecule has 1 aromatic heterocycles. The summed E-state index contributed by atoms with van der Waals surface area (Å²) < 4.78 is 18.2. The van der Waals surface area contributed by atoms with Gasteiger partial charge in [-0.15, -0.1) is 0 Å². The molecular formula is C51H49N5O5. The summed E-state index contributed by atoms with van der Waals surface area (Å²) in [6.45, 7) is 0.246. The zero-order valence-corrected chi connectivity index (χ0v) is 34.1. The number of methoxy groups -OCH3 is 2. The maximum atomic E-state index is 12.3. The Balaban J connectivity index is 1.11. The highest BCUT2D eigenvalue weighted by molar-refractivity contribution is 5.87. The van der Waals surface area contributed by atoms with Crippen molar-refractivity contribution in [3.05, 3.63) is 210 Å². The molecule has 1 aliphatic rings. The Morgan fingerprint density at radius 1 is 0.607 bits per heavy atom. The van der Waals surface area contributed by atoms with E-state index >= 15 is 0 Å². The number of aromatic nitrogens is 2. The largest absolute Gasteiger partial charge is 0.497 e. The molecule has 10 nitrogen and oxygen atoms in total. The molecule has 1 saturated carbocycles. The number of aliphatic hydroxyl groups is 1. The van der Waals surface area contributed by atoms with Gasteiger partial charge in [0.05, 0.1) is 26.9 Å². The van der Waals surface area contributed by atoms with Crippen LogP contribution < -0.4 is 25.4 Å². The quantitative estimate of drug-likeness (QED) is 0.0527. The Labute approximate surface area is 356 Å². The van der Waals surface area contributed by atoms with Gasteiger partial charge >= 0.3 is 0 Å². The molecule has 0 radical (unpaired) electrons. The zero-order chi connectivity index (χ0) is 42.1. The summed E-state index contributed by atoms with van der Waals surface area (Å²) in [5.41, 5.74) is 4.17. The van der Waals surface area contributed by atoms with Crippen LogP contribution in [-0.4, -0.2) is 54.5 Å². The highest BCUT2D eigenvalue weighted by Crippen LogP contribution is 2.45. The molecule has 0 bridgehead atoms. The third-order valence-corrected chi connectivity index (χ3v) is 11.7. The maximum Gasteiger partial charge on any atom is 0.211 e. The summed E-state index contributed by atoms with van der Waals surface area (Å²) >= 11 is 0. The number of hydrogen-bond donors (Lipinski definition) is 4. The molecule has 1 heterocycles. The number of benzene rings is 6. The fraction of sp³-hybridized carbons (Fsp3) is 0.196. The van der Waals surface area contributed by atoms with E-state index in [-0.39, 0.29) is 18.6 Å². The SMILES string of the molecule is COc1ccc(C(OC[C@H]2C[C@@H](Nc3ncnc(NC(c4ccccc4)(c4ccccc4)c4ccccc4)c3NC=O)C[C@@H]2O)(c2ccccc2)c2ccc(OC)cc2)cc1. The van der Waals surface area contributed by atoms with E-state index in [2.05, 4.69) is 69.5 Å². The first-order chi connectivity index (χ1) is 30.0. The van der Waals surface area contributed by atoms with Crippen molar-refractivity contribution in [3.63, 3.8) is 0 Å². The summed E-state index contributed by atoms with van der Waals surface area (Å²) in [4.78, 5) is 21.7. The molecule has 10 heteroatoms. The molecule has 1 amide bonds. The first-order valence-electron chi connectivity index (χ1n) is 20.4. The molecule has 6 aromatic carbocycles. The number of carbonyl (C=O) groups excluding carboxylic acids is 1. The molecule has 61 heavy (non-hydrogen) atoms. The minimum absolute atomic E-state index is 0.200. The summed E-state index contributed by atoms with van der Waals surface area (Å²) in [5, 5.41) is 21.9. The third-order valence-electron chi connectivity index (χ3n) is 11.7. The van der Waals surface area contributed by atoms with Crippen molar-refractivity contribution in [3.8, 4) is 11.5 Å². The molecule has 7 aromatic rings. The van der Waals surface area contributed by atoms with Crippen LogP contribution in [0.1, 0.15) is 46.2 Å². The van der Waals surface area contributed by atoms with Crippen LogP contribution in [0.3, 0.4) is 0 Å². The number of anilines is 3. The van der Waals surface area contributed by atoms with E-state index in [1.807, 2.05) is 121 Å². The van der Waals surface area contributed by atoms with Crippen molar-refractivity contribution in [1.82, 2.24) is 9.97 Å². The molecule has 1 fully saturated rings. The van der Waals surface area contributed by atoms with Gasteiger partial charge in [0.1, 0.15) is 34.7 Å². The normalized spacial score (nSPS) is 16.3. The van der Waals surface area contributed by atoms with Gasteiger partial charge in [0.25, 0.3) is 0 Å². The fourth-order valence-corrected chi connectivity index (χ4v) is 8.64. The van der Waals surface area contributed by atoms with Crippen LogP contribution in [0.2, 0.25) is 0 Å². The predicted octanol–water partition coefficient (Wildman–Crippen LogP) is 9.03. The monoisotopic (exact) mass is 811 g/mol. The van der Waals surface area contributed by atoms with Crippen LogP contribution in [-0.2, 0) is 20.7 Å². The molecule has 308 valence electrons. The molecule has 0 aliphatic heterocycles. The molecule has 8 rings (SSSR count). The Hall–Kier alpha value is -7.01. The average Bonchev–Trinajstić information content (AvgIpc) is 3.68. The van der Waals surface area contributed by atoms with Crippen molar-refractivity contribution < 1.29 is 24.1 Å². The van der Waals surface area contributed by atoms with Gasteiger partial charge in [0.2, 0.25) is 6.41 Å². The smallest absolute Gasteiger partial charge is 0.211 e. The van der Waals surface area contributed by atoms with E-state index < -0.39 is 17.2 Å². The maximum absolute atomic E-state index is 12.3. The van der Waals surface area contributed by atoms with Crippen LogP contribution in [0.4, 0.5) is 17.3 Å². The first-order valence-corrected chi connectivity index (χ1v) is 20.4. The molecule has 4 N–H and O–H groups in total. The Morgan fingerprint density at radius 3 is 1.51 bits per heavy atom. The summed E-state index contributed by atoms with van der Waals surface area (Å²) in [6.07, 6.45) is 2.45. The fourth-order valence-electron chi connectivity index (χ4n) is 8.64. The van der Waals surface area contributed by atoms with Gasteiger partial charge in [-0.2, -0.15) is 0 Å². The standard InChI is InChI=1S/C51H49N5O5/c1-59-44-27-23-41(24-28-44)51(40-21-13-6-14-22-40,42-25-29-45(60-2)30-26-42)61-33-36-31-43(32-46(36)58)55-48-47(54-35-57)49(53-34-52-48)56-50(37-15-7-3-8-16-37,38-17-9-4-10-18-38)39-19-11-5-12-20-39/h3-30,34-36,43,46,58H,31-33H2,1-2H3,(H,54,57)(H2,52,53,55,56)/t36-,43-,46+/m1/s1. The van der Waals surface area contributed by atoms with Crippen LogP contribution >= 0.6 is 0 Å². The van der Waals surface area contributed by atoms with Crippen LogP contribution in [0.15, 0.2) is 176 Å². The summed E-state index contributed by atoms with van der Waals surface area (Å²) in [7, 11) is 3.30. The lowest BCUT2D eigenvalue weighted by atomic mass is 9.77. The summed E-state index contributed by atoms with van der Waals surface area (Å²) in [6, 6.07) is 56.3. The highest BCUT2D eigenvalue weighted by Gasteiger charge is 2.42. The molecule has 0 saturated heterocycles. The third kappa shape index (κ3) is 8.28. The van der Waals surface area contributed by atoms with Crippen LogP contribution in [0.5, 0.6) is 11.5 Å². The lowest BCUT2D eigenvalue weighted by Crippen LogP contribution is -2.38. The number of nitrogens with zero attached hydrogens (tertiary/aromatic N) is 2. The average molecular weight is 812 g/mol. The molecule has 0 spiro atoms. The van der Waals surface area contributed by atoms with Crippen molar-refractivity contribution in [2.24, 2.45) is 5.92 Å². The highest BCUT2D eigenvalue weighted by atomic mass is 16.5. The van der Waals surface area contributed by atoms with Gasteiger partial charge < -0.3 is 35.3 Å². The summed E-state index contributed by atoms with van der Waals surface area (Å²) in [5.74, 6) is 2.09. The van der Waals surface area contributed by atoms with Gasteiger partial charge in [-0.25, -0.2) is 9.97 Å². The Bertz CT molecular complexity index is 2330. The molecule has 3 atom stereocenters. The van der Waals surface area contributed by atoms with Gasteiger partial charge in [-0.05, 0) is 70.5 Å². The van der Waals surface area contributed by atoms with E-state index in [0.717, 1.165) is 44.9 Å². The number of amides is 1. The molecular weight excluding hydrogens is 763 g/mol. The van der Waals surface area contributed by atoms with Crippen LogP contribution in [0, 0.1) is 5.92 Å². The topological polar surface area (TPSA) is 127 Å². The second kappa shape index (κ2) is 18.5. The van der Waals surface area contributed by atoms with Gasteiger partial charge in [0.15, 0.2) is 11.6 Å². The minimum Gasteiger partial charge on any atom is -0.497 e. The van der Waals surface area contributed by atoms with Gasteiger partial charge in [-0.3, -0.25) is 4.79 Å². The number of nitrogens with one attached hydrogen (secondary N) is 3. The van der Waals surface area contributed by atoms with Crippen molar-refractivity contribution in [2.75, 3.05) is 36.8 Å². The lowest BCUT2D eigenvalue weighted by molar-refractivity contribution is -0.105. The number of carbonyl (C=O) groups is 1. The van der Waals surface area contributed by atoms with Gasteiger partial charge in [-0.1, -0.05) is 146 Å². The van der Waals surface area contributed by atoms with E-state index in [1.54, 1.807) is 14.2 Å². The van der Waals surface area contributed by atoms with E-state index in [0.29, 0.717) is 36.6 Å². The number of rotatable bonds is 17. The second-order valence-electron chi connectivity index (χ2n) is 15.1. The van der Waals surface area contributed by atoms with Crippen LogP contribution in [0.25, 0.3) is 0 Å².